The average Bonchev–Trinajstić information content (AvgIpc) is 3.41. The summed E-state index contributed by atoms with van der Waals surface area (Å²) in [4.78, 5) is 42.0. The number of esters is 2. The molecule has 4 aromatic rings. The summed E-state index contributed by atoms with van der Waals surface area (Å²) in [5, 5.41) is 3.32. The molecule has 1 aliphatic heterocycles. The number of ether oxygens (including phenoxy) is 3. The zero-order chi connectivity index (χ0) is 30.2. The van der Waals surface area contributed by atoms with E-state index in [1.807, 2.05) is 58.0 Å². The SMILES string of the molecule is COc1cc(OC(=O)c2ccc(C)cc2)ccc1-c1ccc2c(c1COC(=O)c1ccc(C)s1)N(C)C(=O)C(C)(C)N2. The van der Waals surface area contributed by atoms with E-state index in [0.717, 1.165) is 16.1 Å². The highest BCUT2D eigenvalue weighted by Crippen LogP contribution is 2.45. The number of methoxy groups -OCH3 is 1. The molecule has 3 aromatic carbocycles. The molecule has 2 heterocycles. The van der Waals surface area contributed by atoms with Gasteiger partial charge in [0.1, 0.15) is 28.5 Å². The first-order valence-electron chi connectivity index (χ1n) is 13.4. The van der Waals surface area contributed by atoms with E-state index in [1.54, 1.807) is 48.3 Å². The maximum atomic E-state index is 13.3. The predicted octanol–water partition coefficient (Wildman–Crippen LogP) is 6.78. The van der Waals surface area contributed by atoms with E-state index in [2.05, 4.69) is 5.32 Å². The monoisotopic (exact) mass is 584 g/mol. The standard InChI is InChI=1S/C33H32N2O6S/c1-19-7-10-21(11-8-19)30(36)41-22-12-13-24(27(17-22)39-6)23-14-15-26-29(35(5)32(38)33(3,4)34-26)25(23)18-40-31(37)28-16-9-20(2)42-28/h7-17,34H,18H2,1-6H3. The average molecular weight is 585 g/mol. The van der Waals surface area contributed by atoms with Crippen LogP contribution in [0, 0.1) is 13.8 Å². The number of amides is 1. The fraction of sp³-hybridized carbons (Fsp3) is 0.242. The minimum atomic E-state index is -0.813. The summed E-state index contributed by atoms with van der Waals surface area (Å²) in [5.41, 5.74) is 4.04. The van der Waals surface area contributed by atoms with Crippen LogP contribution in [0.25, 0.3) is 11.1 Å². The Hall–Kier alpha value is -4.63. The van der Waals surface area contributed by atoms with Crippen molar-refractivity contribution >= 4 is 40.6 Å². The van der Waals surface area contributed by atoms with Crippen molar-refractivity contribution in [1.29, 1.82) is 0 Å². The van der Waals surface area contributed by atoms with Crippen molar-refractivity contribution < 1.29 is 28.6 Å². The first-order chi connectivity index (χ1) is 20.0. The number of carbonyl (C=O) groups is 3. The Morgan fingerprint density at radius 3 is 2.31 bits per heavy atom. The van der Waals surface area contributed by atoms with E-state index in [9.17, 15) is 14.4 Å². The van der Waals surface area contributed by atoms with Crippen molar-refractivity contribution in [1.82, 2.24) is 0 Å². The third kappa shape index (κ3) is 5.60. The van der Waals surface area contributed by atoms with Gasteiger partial charge in [-0.3, -0.25) is 4.79 Å². The van der Waals surface area contributed by atoms with Crippen LogP contribution in [-0.4, -0.2) is 37.5 Å². The largest absolute Gasteiger partial charge is 0.496 e. The molecular formula is C33H32N2O6S. The zero-order valence-electron chi connectivity index (χ0n) is 24.4. The van der Waals surface area contributed by atoms with Gasteiger partial charge in [-0.25, -0.2) is 9.59 Å². The van der Waals surface area contributed by atoms with Crippen molar-refractivity contribution in [2.75, 3.05) is 24.4 Å². The van der Waals surface area contributed by atoms with Crippen LogP contribution in [0.1, 0.15) is 49.9 Å². The highest BCUT2D eigenvalue weighted by molar-refractivity contribution is 7.13. The first kappa shape index (κ1) is 28.9. The molecule has 0 spiro atoms. The second kappa shape index (κ2) is 11.3. The fourth-order valence-electron chi connectivity index (χ4n) is 5.00. The quantitative estimate of drug-likeness (QED) is 0.189. The Kier molecular flexibility index (Phi) is 7.79. The highest BCUT2D eigenvalue weighted by Gasteiger charge is 2.39. The summed E-state index contributed by atoms with van der Waals surface area (Å²) >= 11 is 1.36. The number of likely N-dealkylation sites (N-methyl/N-ethyl adjacent to an activating group) is 1. The lowest BCUT2D eigenvalue weighted by atomic mass is 9.91. The van der Waals surface area contributed by atoms with Crippen molar-refractivity contribution in [2.24, 2.45) is 0 Å². The lowest BCUT2D eigenvalue weighted by molar-refractivity contribution is -0.121. The number of carbonyl (C=O) groups excluding carboxylic acids is 3. The molecule has 1 aliphatic rings. The molecule has 1 N–H and O–H groups in total. The van der Waals surface area contributed by atoms with Crippen molar-refractivity contribution in [2.45, 2.75) is 39.8 Å². The fourth-order valence-corrected chi connectivity index (χ4v) is 5.76. The van der Waals surface area contributed by atoms with Gasteiger partial charge in [0.15, 0.2) is 0 Å². The van der Waals surface area contributed by atoms with Gasteiger partial charge >= 0.3 is 11.9 Å². The third-order valence-corrected chi connectivity index (χ3v) is 8.14. The minimum Gasteiger partial charge on any atom is -0.496 e. The maximum Gasteiger partial charge on any atom is 0.348 e. The molecule has 8 nitrogen and oxygen atoms in total. The van der Waals surface area contributed by atoms with E-state index in [0.29, 0.717) is 44.3 Å². The lowest BCUT2D eigenvalue weighted by Gasteiger charge is -2.39. The van der Waals surface area contributed by atoms with Crippen LogP contribution in [0.5, 0.6) is 11.5 Å². The summed E-state index contributed by atoms with van der Waals surface area (Å²) in [6.07, 6.45) is 0. The van der Waals surface area contributed by atoms with Gasteiger partial charge in [0.25, 0.3) is 5.91 Å². The van der Waals surface area contributed by atoms with E-state index in [1.165, 1.54) is 18.4 Å². The number of anilines is 2. The number of fused-ring (bicyclic) bond motifs is 1. The summed E-state index contributed by atoms with van der Waals surface area (Å²) in [6, 6.07) is 19.7. The summed E-state index contributed by atoms with van der Waals surface area (Å²) in [6.45, 7) is 7.43. The van der Waals surface area contributed by atoms with Crippen LogP contribution in [-0.2, 0) is 16.1 Å². The number of hydrogen-bond donors (Lipinski definition) is 1. The van der Waals surface area contributed by atoms with Gasteiger partial charge in [0.05, 0.1) is 24.0 Å². The number of nitrogens with one attached hydrogen (secondary N) is 1. The maximum absolute atomic E-state index is 13.3. The molecule has 5 rings (SSSR count). The highest BCUT2D eigenvalue weighted by atomic mass is 32.1. The van der Waals surface area contributed by atoms with E-state index in [4.69, 9.17) is 14.2 Å². The van der Waals surface area contributed by atoms with Crippen LogP contribution in [0.3, 0.4) is 0 Å². The van der Waals surface area contributed by atoms with Crippen LogP contribution >= 0.6 is 11.3 Å². The zero-order valence-corrected chi connectivity index (χ0v) is 25.2. The number of nitrogens with zero attached hydrogens (tertiary/aromatic N) is 1. The number of hydrogen-bond acceptors (Lipinski definition) is 8. The van der Waals surface area contributed by atoms with Gasteiger partial charge in [0.2, 0.25) is 0 Å². The Balaban J connectivity index is 1.54. The Bertz CT molecular complexity index is 1690. The smallest absolute Gasteiger partial charge is 0.348 e. The van der Waals surface area contributed by atoms with Crippen molar-refractivity contribution in [3.8, 4) is 22.6 Å². The second-order valence-corrected chi connectivity index (χ2v) is 12.0. The molecule has 0 aliphatic carbocycles. The number of thiophene rings is 1. The van der Waals surface area contributed by atoms with Crippen LogP contribution in [0.15, 0.2) is 66.7 Å². The number of aryl methyl sites for hydroxylation is 2. The van der Waals surface area contributed by atoms with Crippen LogP contribution in [0.2, 0.25) is 0 Å². The molecule has 42 heavy (non-hydrogen) atoms. The van der Waals surface area contributed by atoms with Gasteiger partial charge in [-0.05, 0) is 75.7 Å². The van der Waals surface area contributed by atoms with Crippen molar-refractivity contribution in [3.63, 3.8) is 0 Å². The lowest BCUT2D eigenvalue weighted by Crippen LogP contribution is -2.52. The number of benzene rings is 3. The van der Waals surface area contributed by atoms with Gasteiger partial charge in [-0.15, -0.1) is 11.3 Å². The molecule has 0 fully saturated rings. The predicted molar refractivity (Wildman–Crippen MR) is 164 cm³/mol. The molecule has 1 aromatic heterocycles. The molecule has 0 radical (unpaired) electrons. The molecule has 0 saturated heterocycles. The molecule has 0 unspecified atom stereocenters. The molecule has 216 valence electrons. The molecule has 0 bridgehead atoms. The van der Waals surface area contributed by atoms with E-state index >= 15 is 0 Å². The summed E-state index contributed by atoms with van der Waals surface area (Å²) in [7, 11) is 3.24. The number of rotatable bonds is 7. The van der Waals surface area contributed by atoms with Crippen LogP contribution < -0.4 is 19.7 Å². The third-order valence-electron chi connectivity index (χ3n) is 7.15. The van der Waals surface area contributed by atoms with E-state index in [-0.39, 0.29) is 12.5 Å². The minimum absolute atomic E-state index is 0.0820. The Morgan fingerprint density at radius 2 is 1.64 bits per heavy atom. The van der Waals surface area contributed by atoms with E-state index < -0.39 is 17.5 Å². The van der Waals surface area contributed by atoms with Gasteiger partial charge in [0, 0.05) is 29.1 Å². The summed E-state index contributed by atoms with van der Waals surface area (Å²) < 4.78 is 17.2. The van der Waals surface area contributed by atoms with Crippen LogP contribution in [0.4, 0.5) is 11.4 Å². The van der Waals surface area contributed by atoms with Gasteiger partial charge < -0.3 is 24.4 Å². The van der Waals surface area contributed by atoms with Gasteiger partial charge in [-0.2, -0.15) is 0 Å². The molecule has 0 saturated carbocycles. The van der Waals surface area contributed by atoms with Crippen molar-refractivity contribution in [3.05, 3.63) is 93.2 Å². The second-order valence-electron chi connectivity index (χ2n) is 10.7. The molecule has 0 atom stereocenters. The Labute approximate surface area is 248 Å². The Morgan fingerprint density at radius 1 is 0.929 bits per heavy atom. The molecular weight excluding hydrogens is 552 g/mol. The van der Waals surface area contributed by atoms with Gasteiger partial charge in [-0.1, -0.05) is 23.8 Å². The topological polar surface area (TPSA) is 94.2 Å². The first-order valence-corrected chi connectivity index (χ1v) is 14.2. The molecule has 1 amide bonds. The normalized spacial score (nSPS) is 13.7. The molecule has 9 heteroatoms. The summed E-state index contributed by atoms with van der Waals surface area (Å²) in [5.74, 6) is -0.289.